The maximum Gasteiger partial charge on any atom is 0.253 e. The average Bonchev–Trinajstić information content (AvgIpc) is 2.62. The molecule has 0 aliphatic carbocycles. The average molecular weight is 466 g/mol. The standard InChI is InChI=1S/C22H28ClN3O4S/c1-14-11-12-16(23)13-19(14)26(31(6,29)30)15(2)20(27)24-18-10-8-7-9-17(18)21(28)25-22(3,4)5/h7-13,15H,1-6H3,(H,24,27)(H,25,28)/t15-/m0/s1. The van der Waals surface area contributed by atoms with Gasteiger partial charge in [-0.2, -0.15) is 0 Å². The molecule has 0 fully saturated rings. The van der Waals surface area contributed by atoms with Crippen molar-refractivity contribution in [2.75, 3.05) is 15.9 Å². The van der Waals surface area contributed by atoms with E-state index in [1.54, 1.807) is 43.3 Å². The summed E-state index contributed by atoms with van der Waals surface area (Å²) in [5, 5.41) is 5.90. The Hall–Kier alpha value is -2.58. The molecule has 0 radical (unpaired) electrons. The lowest BCUT2D eigenvalue weighted by molar-refractivity contribution is -0.116. The van der Waals surface area contributed by atoms with Gasteiger partial charge in [0, 0.05) is 10.6 Å². The molecular weight excluding hydrogens is 438 g/mol. The number of nitrogens with one attached hydrogen (secondary N) is 2. The first-order valence-electron chi connectivity index (χ1n) is 9.68. The Morgan fingerprint density at radius 3 is 2.29 bits per heavy atom. The molecular formula is C22H28ClN3O4S. The van der Waals surface area contributed by atoms with Crippen molar-refractivity contribution in [3.8, 4) is 0 Å². The normalized spacial score (nSPS) is 12.7. The van der Waals surface area contributed by atoms with Crippen LogP contribution in [0.2, 0.25) is 5.02 Å². The summed E-state index contributed by atoms with van der Waals surface area (Å²) in [6, 6.07) is 10.3. The van der Waals surface area contributed by atoms with Gasteiger partial charge in [-0.15, -0.1) is 0 Å². The Morgan fingerprint density at radius 2 is 1.71 bits per heavy atom. The molecule has 0 heterocycles. The van der Waals surface area contributed by atoms with Crippen LogP contribution in [0.1, 0.15) is 43.6 Å². The number of hydrogen-bond acceptors (Lipinski definition) is 4. The smallest absolute Gasteiger partial charge is 0.253 e. The Bertz CT molecular complexity index is 1090. The van der Waals surface area contributed by atoms with Crippen LogP contribution in [-0.4, -0.2) is 38.1 Å². The number of carbonyl (C=O) groups is 2. The van der Waals surface area contributed by atoms with Crippen LogP contribution in [0.3, 0.4) is 0 Å². The molecule has 2 N–H and O–H groups in total. The van der Waals surface area contributed by atoms with Crippen LogP contribution < -0.4 is 14.9 Å². The van der Waals surface area contributed by atoms with E-state index in [9.17, 15) is 18.0 Å². The number of carbonyl (C=O) groups excluding carboxylic acids is 2. The van der Waals surface area contributed by atoms with E-state index in [0.717, 1.165) is 10.6 Å². The third-order valence-corrected chi connectivity index (χ3v) is 5.88. The van der Waals surface area contributed by atoms with E-state index >= 15 is 0 Å². The molecule has 9 heteroatoms. The van der Waals surface area contributed by atoms with Crippen LogP contribution in [0.5, 0.6) is 0 Å². The molecule has 0 aliphatic rings. The van der Waals surface area contributed by atoms with Crippen molar-refractivity contribution in [1.29, 1.82) is 0 Å². The lowest BCUT2D eigenvalue weighted by atomic mass is 10.1. The first kappa shape index (κ1) is 24.7. The lowest BCUT2D eigenvalue weighted by Crippen LogP contribution is -2.46. The molecule has 0 saturated carbocycles. The molecule has 0 bridgehead atoms. The third kappa shape index (κ3) is 6.45. The molecule has 168 valence electrons. The largest absolute Gasteiger partial charge is 0.347 e. The van der Waals surface area contributed by atoms with Crippen molar-refractivity contribution >= 4 is 44.8 Å². The highest BCUT2D eigenvalue weighted by Crippen LogP contribution is 2.29. The van der Waals surface area contributed by atoms with Gasteiger partial charge in [-0.1, -0.05) is 29.8 Å². The molecule has 2 aromatic carbocycles. The zero-order chi connectivity index (χ0) is 23.6. The highest BCUT2D eigenvalue weighted by atomic mass is 35.5. The van der Waals surface area contributed by atoms with Crippen LogP contribution >= 0.6 is 11.6 Å². The van der Waals surface area contributed by atoms with Gasteiger partial charge in [0.2, 0.25) is 15.9 Å². The van der Waals surface area contributed by atoms with E-state index in [2.05, 4.69) is 10.6 Å². The molecule has 2 amide bonds. The fourth-order valence-electron chi connectivity index (χ4n) is 3.04. The van der Waals surface area contributed by atoms with Gasteiger partial charge in [0.15, 0.2) is 0 Å². The topological polar surface area (TPSA) is 95.6 Å². The number of amides is 2. The zero-order valence-electron chi connectivity index (χ0n) is 18.5. The van der Waals surface area contributed by atoms with Gasteiger partial charge >= 0.3 is 0 Å². The van der Waals surface area contributed by atoms with Crippen LogP contribution in [0.4, 0.5) is 11.4 Å². The minimum Gasteiger partial charge on any atom is -0.347 e. The SMILES string of the molecule is Cc1ccc(Cl)cc1N([C@@H](C)C(=O)Nc1ccccc1C(=O)NC(C)(C)C)S(C)(=O)=O. The van der Waals surface area contributed by atoms with Gasteiger partial charge in [-0.25, -0.2) is 8.42 Å². The van der Waals surface area contributed by atoms with Crippen molar-refractivity contribution in [2.24, 2.45) is 0 Å². The van der Waals surface area contributed by atoms with Gasteiger partial charge < -0.3 is 10.6 Å². The summed E-state index contributed by atoms with van der Waals surface area (Å²) in [6.45, 7) is 8.78. The molecule has 0 saturated heterocycles. The number of anilines is 2. The van der Waals surface area contributed by atoms with Gasteiger partial charge in [0.25, 0.3) is 5.91 Å². The van der Waals surface area contributed by atoms with Crippen molar-refractivity contribution in [2.45, 2.75) is 46.2 Å². The number of aryl methyl sites for hydroxylation is 1. The number of hydrogen-bond donors (Lipinski definition) is 2. The van der Waals surface area contributed by atoms with E-state index in [0.29, 0.717) is 16.3 Å². The van der Waals surface area contributed by atoms with Gasteiger partial charge in [0.1, 0.15) is 6.04 Å². The Balaban J connectivity index is 2.39. The first-order chi connectivity index (χ1) is 14.2. The van der Waals surface area contributed by atoms with Gasteiger partial charge in [0.05, 0.1) is 23.2 Å². The Kier molecular flexibility index (Phi) is 7.39. The van der Waals surface area contributed by atoms with Crippen molar-refractivity contribution in [3.63, 3.8) is 0 Å². The molecule has 0 aromatic heterocycles. The van der Waals surface area contributed by atoms with E-state index < -0.39 is 27.5 Å². The van der Waals surface area contributed by atoms with Crippen molar-refractivity contribution in [1.82, 2.24) is 5.32 Å². The van der Waals surface area contributed by atoms with Crippen LogP contribution in [0.25, 0.3) is 0 Å². The minimum atomic E-state index is -3.81. The molecule has 0 spiro atoms. The monoisotopic (exact) mass is 465 g/mol. The summed E-state index contributed by atoms with van der Waals surface area (Å²) in [5.74, 6) is -0.928. The second kappa shape index (κ2) is 9.28. The summed E-state index contributed by atoms with van der Waals surface area (Å²) >= 11 is 6.07. The molecule has 2 aromatic rings. The summed E-state index contributed by atoms with van der Waals surface area (Å²) < 4.78 is 26.2. The Labute approximate surface area is 188 Å². The number of para-hydroxylation sites is 1. The number of sulfonamides is 1. The fourth-order valence-corrected chi connectivity index (χ4v) is 4.43. The molecule has 31 heavy (non-hydrogen) atoms. The lowest BCUT2D eigenvalue weighted by Gasteiger charge is -2.30. The molecule has 2 rings (SSSR count). The number of benzene rings is 2. The maximum absolute atomic E-state index is 13.0. The zero-order valence-corrected chi connectivity index (χ0v) is 20.1. The quantitative estimate of drug-likeness (QED) is 0.674. The predicted octanol–water partition coefficient (Wildman–Crippen LogP) is 3.97. The molecule has 0 unspecified atom stereocenters. The highest BCUT2D eigenvalue weighted by Gasteiger charge is 2.31. The Morgan fingerprint density at radius 1 is 1.10 bits per heavy atom. The fraction of sp³-hybridized carbons (Fsp3) is 0.364. The molecule has 7 nitrogen and oxygen atoms in total. The summed E-state index contributed by atoms with van der Waals surface area (Å²) in [7, 11) is -3.81. The van der Waals surface area contributed by atoms with E-state index in [4.69, 9.17) is 11.6 Å². The number of nitrogens with zero attached hydrogens (tertiary/aromatic N) is 1. The summed E-state index contributed by atoms with van der Waals surface area (Å²) in [5.41, 5.74) is 1.08. The third-order valence-electron chi connectivity index (χ3n) is 4.42. The molecule has 0 aliphatic heterocycles. The second-order valence-electron chi connectivity index (χ2n) is 8.40. The van der Waals surface area contributed by atoms with Crippen LogP contribution in [0, 0.1) is 6.92 Å². The van der Waals surface area contributed by atoms with Gasteiger partial charge in [-0.05, 0) is 64.4 Å². The number of halogens is 1. The van der Waals surface area contributed by atoms with Crippen LogP contribution in [-0.2, 0) is 14.8 Å². The highest BCUT2D eigenvalue weighted by molar-refractivity contribution is 7.92. The summed E-state index contributed by atoms with van der Waals surface area (Å²) in [6.07, 6.45) is 1.03. The minimum absolute atomic E-state index is 0.280. The first-order valence-corrected chi connectivity index (χ1v) is 11.9. The number of rotatable bonds is 6. The van der Waals surface area contributed by atoms with Crippen LogP contribution in [0.15, 0.2) is 42.5 Å². The van der Waals surface area contributed by atoms with Gasteiger partial charge in [-0.3, -0.25) is 13.9 Å². The summed E-state index contributed by atoms with van der Waals surface area (Å²) in [4.78, 5) is 25.7. The van der Waals surface area contributed by atoms with Crippen molar-refractivity contribution in [3.05, 3.63) is 58.6 Å². The maximum atomic E-state index is 13.0. The molecule has 1 atom stereocenters. The predicted molar refractivity (Wildman–Crippen MR) is 125 cm³/mol. The van der Waals surface area contributed by atoms with E-state index in [1.807, 2.05) is 20.8 Å². The van der Waals surface area contributed by atoms with E-state index in [-0.39, 0.29) is 17.2 Å². The van der Waals surface area contributed by atoms with Crippen molar-refractivity contribution < 1.29 is 18.0 Å². The van der Waals surface area contributed by atoms with E-state index in [1.165, 1.54) is 13.0 Å². The second-order valence-corrected chi connectivity index (χ2v) is 10.7.